The highest BCUT2D eigenvalue weighted by Crippen LogP contribution is 2.21. The number of halogens is 1. The molecule has 1 N–H and O–H groups in total. The van der Waals surface area contributed by atoms with Gasteiger partial charge >= 0.3 is 6.03 Å². The Morgan fingerprint density at radius 2 is 2.00 bits per heavy atom. The van der Waals surface area contributed by atoms with Crippen molar-refractivity contribution in [3.63, 3.8) is 0 Å². The highest BCUT2D eigenvalue weighted by atomic mass is 79.9. The minimum absolute atomic E-state index is 0.0424. The fraction of sp³-hybridized carbons (Fsp3) is 0.353. The van der Waals surface area contributed by atoms with Crippen molar-refractivity contribution in [3.8, 4) is 5.75 Å². The molecule has 0 aliphatic heterocycles. The van der Waals surface area contributed by atoms with Crippen LogP contribution in [0.15, 0.2) is 45.5 Å². The molecule has 0 saturated carbocycles. The Hall–Kier alpha value is -1.95. The minimum Gasteiger partial charge on any atom is -0.497 e. The van der Waals surface area contributed by atoms with E-state index in [1.807, 2.05) is 43.3 Å². The number of ether oxygens (including phenoxy) is 1. The molecule has 1 atom stereocenters. The van der Waals surface area contributed by atoms with Gasteiger partial charge in [-0.15, -0.1) is 0 Å². The SMILES string of the molecule is CCC(NC(=O)N(C)Cc1ccc(Br)o1)c1ccc(OC)cc1. The Morgan fingerprint density at radius 3 is 2.52 bits per heavy atom. The van der Waals surface area contributed by atoms with Gasteiger partial charge in [-0.2, -0.15) is 0 Å². The fourth-order valence-electron chi connectivity index (χ4n) is 2.26. The molecule has 0 bridgehead atoms. The van der Waals surface area contributed by atoms with Crippen molar-refractivity contribution in [2.45, 2.75) is 25.9 Å². The zero-order valence-electron chi connectivity index (χ0n) is 13.5. The number of hydrogen-bond donors (Lipinski definition) is 1. The van der Waals surface area contributed by atoms with Crippen LogP contribution in [0, 0.1) is 0 Å². The van der Waals surface area contributed by atoms with Crippen LogP contribution in [0.3, 0.4) is 0 Å². The first kappa shape index (κ1) is 17.4. The molecule has 1 aromatic heterocycles. The summed E-state index contributed by atoms with van der Waals surface area (Å²) in [5.74, 6) is 1.53. The lowest BCUT2D eigenvalue weighted by molar-refractivity contribution is 0.198. The Morgan fingerprint density at radius 1 is 1.30 bits per heavy atom. The zero-order valence-corrected chi connectivity index (χ0v) is 15.1. The maximum absolute atomic E-state index is 12.4. The Labute approximate surface area is 144 Å². The third-order valence-corrected chi connectivity index (χ3v) is 4.02. The summed E-state index contributed by atoms with van der Waals surface area (Å²) in [7, 11) is 3.38. The van der Waals surface area contributed by atoms with Gasteiger partial charge in [-0.25, -0.2) is 4.79 Å². The average Bonchev–Trinajstić information content (AvgIpc) is 2.97. The fourth-order valence-corrected chi connectivity index (χ4v) is 2.60. The molecule has 1 unspecified atom stereocenters. The molecule has 0 spiro atoms. The van der Waals surface area contributed by atoms with Crippen LogP contribution in [0.2, 0.25) is 0 Å². The standard InChI is InChI=1S/C17H21BrN2O3/c1-4-15(12-5-7-13(22-3)8-6-12)19-17(21)20(2)11-14-9-10-16(18)23-14/h5-10,15H,4,11H2,1-3H3,(H,19,21). The Balaban J connectivity index is 1.97. The van der Waals surface area contributed by atoms with E-state index in [2.05, 4.69) is 21.2 Å². The molecule has 23 heavy (non-hydrogen) atoms. The lowest BCUT2D eigenvalue weighted by Crippen LogP contribution is -2.38. The van der Waals surface area contributed by atoms with Gasteiger partial charge in [0.25, 0.3) is 0 Å². The largest absolute Gasteiger partial charge is 0.497 e. The van der Waals surface area contributed by atoms with Gasteiger partial charge in [-0.1, -0.05) is 19.1 Å². The maximum atomic E-state index is 12.4. The predicted octanol–water partition coefficient (Wildman–Crippen LogP) is 4.34. The highest BCUT2D eigenvalue weighted by Gasteiger charge is 2.17. The van der Waals surface area contributed by atoms with Crippen molar-refractivity contribution >= 4 is 22.0 Å². The number of methoxy groups -OCH3 is 1. The summed E-state index contributed by atoms with van der Waals surface area (Å²) in [6.07, 6.45) is 0.804. The van der Waals surface area contributed by atoms with E-state index in [0.717, 1.165) is 23.5 Å². The molecule has 0 fully saturated rings. The van der Waals surface area contributed by atoms with Crippen LogP contribution in [-0.4, -0.2) is 25.1 Å². The van der Waals surface area contributed by atoms with E-state index in [-0.39, 0.29) is 12.1 Å². The van der Waals surface area contributed by atoms with Crippen molar-refractivity contribution in [2.24, 2.45) is 0 Å². The Bertz CT molecular complexity index is 640. The third kappa shape index (κ3) is 4.76. The normalized spacial score (nSPS) is 11.8. The van der Waals surface area contributed by atoms with Crippen molar-refractivity contribution in [2.75, 3.05) is 14.2 Å². The molecule has 2 rings (SSSR count). The number of urea groups is 1. The first-order valence-corrected chi connectivity index (χ1v) is 8.22. The summed E-state index contributed by atoms with van der Waals surface area (Å²) in [6, 6.07) is 11.2. The molecule has 2 aromatic rings. The lowest BCUT2D eigenvalue weighted by Gasteiger charge is -2.22. The number of rotatable bonds is 6. The van der Waals surface area contributed by atoms with Crippen molar-refractivity contribution < 1.29 is 13.9 Å². The van der Waals surface area contributed by atoms with E-state index in [9.17, 15) is 4.79 Å². The van der Waals surface area contributed by atoms with E-state index in [1.165, 1.54) is 0 Å². The molecule has 124 valence electrons. The van der Waals surface area contributed by atoms with E-state index < -0.39 is 0 Å². The summed E-state index contributed by atoms with van der Waals surface area (Å²) >= 11 is 3.26. The summed E-state index contributed by atoms with van der Waals surface area (Å²) < 4.78 is 11.2. The second-order valence-corrected chi connectivity index (χ2v) is 6.03. The number of benzene rings is 1. The number of furan rings is 1. The van der Waals surface area contributed by atoms with Crippen LogP contribution >= 0.6 is 15.9 Å². The lowest BCUT2D eigenvalue weighted by atomic mass is 10.0. The summed E-state index contributed by atoms with van der Waals surface area (Å²) in [5, 5.41) is 3.04. The smallest absolute Gasteiger partial charge is 0.318 e. The van der Waals surface area contributed by atoms with Gasteiger partial charge in [0.15, 0.2) is 4.67 Å². The number of nitrogens with one attached hydrogen (secondary N) is 1. The van der Waals surface area contributed by atoms with E-state index in [0.29, 0.717) is 11.2 Å². The van der Waals surface area contributed by atoms with Gasteiger partial charge in [-0.05, 0) is 52.2 Å². The number of amides is 2. The third-order valence-electron chi connectivity index (χ3n) is 3.59. The monoisotopic (exact) mass is 380 g/mol. The van der Waals surface area contributed by atoms with Gasteiger partial charge in [0.1, 0.15) is 11.5 Å². The number of nitrogens with zero attached hydrogens (tertiary/aromatic N) is 1. The van der Waals surface area contributed by atoms with Gasteiger partial charge in [-0.3, -0.25) is 0 Å². The molecular formula is C17H21BrN2O3. The molecule has 0 radical (unpaired) electrons. The minimum atomic E-state index is -0.139. The molecule has 0 aliphatic carbocycles. The van der Waals surface area contributed by atoms with Crippen molar-refractivity contribution in [3.05, 3.63) is 52.4 Å². The second kappa shape index (κ2) is 8.06. The van der Waals surface area contributed by atoms with Crippen LogP contribution in [0.1, 0.15) is 30.7 Å². The number of carbonyl (C=O) groups excluding carboxylic acids is 1. The maximum Gasteiger partial charge on any atom is 0.318 e. The van der Waals surface area contributed by atoms with E-state index in [4.69, 9.17) is 9.15 Å². The first-order valence-electron chi connectivity index (χ1n) is 7.43. The summed E-state index contributed by atoms with van der Waals surface area (Å²) in [5.41, 5.74) is 1.05. The summed E-state index contributed by atoms with van der Waals surface area (Å²) in [6.45, 7) is 2.45. The molecule has 1 aromatic carbocycles. The summed E-state index contributed by atoms with van der Waals surface area (Å²) in [4.78, 5) is 14.0. The van der Waals surface area contributed by atoms with Crippen molar-refractivity contribution in [1.29, 1.82) is 0 Å². The van der Waals surface area contributed by atoms with Crippen LogP contribution in [-0.2, 0) is 6.54 Å². The topological polar surface area (TPSA) is 54.7 Å². The predicted molar refractivity (Wildman–Crippen MR) is 92.4 cm³/mol. The molecule has 1 heterocycles. The molecule has 2 amide bonds. The average molecular weight is 381 g/mol. The van der Waals surface area contributed by atoms with Gasteiger partial charge in [0.2, 0.25) is 0 Å². The van der Waals surface area contributed by atoms with Crippen LogP contribution in [0.25, 0.3) is 0 Å². The van der Waals surface area contributed by atoms with Crippen LogP contribution in [0.4, 0.5) is 4.79 Å². The zero-order chi connectivity index (χ0) is 16.8. The van der Waals surface area contributed by atoms with Crippen molar-refractivity contribution in [1.82, 2.24) is 10.2 Å². The Kier molecular flexibility index (Phi) is 6.10. The molecule has 5 nitrogen and oxygen atoms in total. The van der Waals surface area contributed by atoms with Gasteiger partial charge in [0.05, 0.1) is 19.7 Å². The van der Waals surface area contributed by atoms with E-state index in [1.54, 1.807) is 19.1 Å². The molecule has 0 aliphatic rings. The van der Waals surface area contributed by atoms with Gasteiger partial charge < -0.3 is 19.4 Å². The first-order chi connectivity index (χ1) is 11.0. The van der Waals surface area contributed by atoms with Crippen LogP contribution in [0.5, 0.6) is 5.75 Å². The van der Waals surface area contributed by atoms with Gasteiger partial charge in [0, 0.05) is 7.05 Å². The quantitative estimate of drug-likeness (QED) is 0.810. The second-order valence-electron chi connectivity index (χ2n) is 5.25. The number of hydrogen-bond acceptors (Lipinski definition) is 3. The highest BCUT2D eigenvalue weighted by molar-refractivity contribution is 9.10. The van der Waals surface area contributed by atoms with Crippen LogP contribution < -0.4 is 10.1 Å². The molecular weight excluding hydrogens is 360 g/mol. The number of carbonyl (C=O) groups is 1. The van der Waals surface area contributed by atoms with E-state index >= 15 is 0 Å². The molecule has 0 saturated heterocycles. The molecule has 6 heteroatoms.